The normalized spacial score (nSPS) is 18.3. The Hall–Kier alpha value is -1.85. The lowest BCUT2D eigenvalue weighted by Crippen LogP contribution is -2.32. The van der Waals surface area contributed by atoms with Crippen LogP contribution in [0.2, 0.25) is 0 Å². The number of amides is 1. The van der Waals surface area contributed by atoms with Crippen molar-refractivity contribution in [2.24, 2.45) is 5.92 Å². The van der Waals surface area contributed by atoms with Gasteiger partial charge in [0.1, 0.15) is 0 Å². The molecule has 2 heterocycles. The summed E-state index contributed by atoms with van der Waals surface area (Å²) in [5, 5.41) is 4.32. The van der Waals surface area contributed by atoms with E-state index in [-0.39, 0.29) is 5.91 Å². The Morgan fingerprint density at radius 1 is 1.29 bits per heavy atom. The van der Waals surface area contributed by atoms with E-state index in [4.69, 9.17) is 4.74 Å². The van der Waals surface area contributed by atoms with E-state index in [9.17, 15) is 4.79 Å². The molecular weight excluding hydrogens is 302 g/mol. The van der Waals surface area contributed by atoms with Crippen LogP contribution in [-0.2, 0) is 16.1 Å². The third-order valence-electron chi connectivity index (χ3n) is 4.83. The lowest BCUT2D eigenvalue weighted by atomic mass is 10.1. The van der Waals surface area contributed by atoms with Crippen LogP contribution in [0.1, 0.15) is 12.8 Å². The number of nitrogens with zero attached hydrogens (tertiary/aromatic N) is 2. The fourth-order valence-electron chi connectivity index (χ4n) is 3.41. The second-order valence-electron chi connectivity index (χ2n) is 6.57. The topological polar surface area (TPSA) is 46.5 Å². The van der Waals surface area contributed by atoms with Crippen molar-refractivity contribution >= 4 is 16.8 Å². The summed E-state index contributed by atoms with van der Waals surface area (Å²) < 4.78 is 7.27. The van der Waals surface area contributed by atoms with E-state index in [2.05, 4.69) is 39.2 Å². The highest BCUT2D eigenvalue weighted by Gasteiger charge is 2.22. The van der Waals surface area contributed by atoms with E-state index < -0.39 is 0 Å². The Balaban J connectivity index is 1.39. The molecule has 1 aliphatic heterocycles. The van der Waals surface area contributed by atoms with Crippen molar-refractivity contribution < 1.29 is 9.53 Å². The van der Waals surface area contributed by atoms with Crippen molar-refractivity contribution in [2.75, 3.05) is 39.9 Å². The van der Waals surface area contributed by atoms with Crippen molar-refractivity contribution in [3.8, 4) is 0 Å². The zero-order chi connectivity index (χ0) is 16.8. The van der Waals surface area contributed by atoms with Gasteiger partial charge in [-0.1, -0.05) is 18.2 Å². The first-order chi connectivity index (χ1) is 11.8. The summed E-state index contributed by atoms with van der Waals surface area (Å²) in [5.74, 6) is 0.710. The van der Waals surface area contributed by atoms with Crippen LogP contribution in [0.5, 0.6) is 0 Å². The summed E-state index contributed by atoms with van der Waals surface area (Å²) in [6.45, 7) is 5.45. The number of fused-ring (bicyclic) bond motifs is 1. The fourth-order valence-corrected chi connectivity index (χ4v) is 3.41. The van der Waals surface area contributed by atoms with Crippen LogP contribution in [0.25, 0.3) is 10.9 Å². The van der Waals surface area contributed by atoms with Gasteiger partial charge in [-0.2, -0.15) is 0 Å². The number of likely N-dealkylation sites (tertiary alicyclic amines) is 1. The second-order valence-corrected chi connectivity index (χ2v) is 6.57. The van der Waals surface area contributed by atoms with Gasteiger partial charge >= 0.3 is 0 Å². The molecule has 0 saturated carbocycles. The molecule has 0 aliphatic carbocycles. The van der Waals surface area contributed by atoms with Gasteiger partial charge in [-0.25, -0.2) is 0 Å². The van der Waals surface area contributed by atoms with Crippen LogP contribution in [-0.4, -0.2) is 55.3 Å². The van der Waals surface area contributed by atoms with Gasteiger partial charge in [-0.3, -0.25) is 4.79 Å². The zero-order valence-corrected chi connectivity index (χ0v) is 14.4. The van der Waals surface area contributed by atoms with Crippen molar-refractivity contribution in [1.29, 1.82) is 0 Å². The summed E-state index contributed by atoms with van der Waals surface area (Å²) in [6.07, 6.45) is 3.74. The average Bonchev–Trinajstić information content (AvgIpc) is 3.23. The lowest BCUT2D eigenvalue weighted by Gasteiger charge is -2.15. The number of aryl methyl sites for hydroxylation is 1. The van der Waals surface area contributed by atoms with Gasteiger partial charge in [0.15, 0.2) is 0 Å². The molecule has 5 heteroatoms. The van der Waals surface area contributed by atoms with Crippen LogP contribution in [0.3, 0.4) is 0 Å². The second kappa shape index (κ2) is 8.31. The predicted molar refractivity (Wildman–Crippen MR) is 96.0 cm³/mol. The van der Waals surface area contributed by atoms with E-state index in [0.717, 1.165) is 45.8 Å². The largest absolute Gasteiger partial charge is 0.383 e. The highest BCUT2D eigenvalue weighted by molar-refractivity contribution is 5.80. The maximum absolute atomic E-state index is 12.1. The van der Waals surface area contributed by atoms with Crippen molar-refractivity contribution in [3.63, 3.8) is 0 Å². The third kappa shape index (κ3) is 4.36. The van der Waals surface area contributed by atoms with Gasteiger partial charge in [0.2, 0.25) is 5.91 Å². The number of hydrogen-bond acceptors (Lipinski definition) is 3. The van der Waals surface area contributed by atoms with Crippen LogP contribution in [0.15, 0.2) is 36.5 Å². The minimum atomic E-state index is 0.142. The first-order valence-corrected chi connectivity index (χ1v) is 8.78. The summed E-state index contributed by atoms with van der Waals surface area (Å²) in [6, 6.07) is 10.4. The van der Waals surface area contributed by atoms with Gasteiger partial charge in [0, 0.05) is 51.4 Å². The number of carbonyl (C=O) groups excluding carboxylic acids is 1. The smallest absolute Gasteiger partial charge is 0.221 e. The Labute approximate surface area is 143 Å². The molecule has 0 spiro atoms. The minimum absolute atomic E-state index is 0.142. The molecule has 1 amide bonds. The van der Waals surface area contributed by atoms with Gasteiger partial charge in [-0.05, 0) is 36.4 Å². The quantitative estimate of drug-likeness (QED) is 0.807. The Kier molecular flexibility index (Phi) is 5.88. The van der Waals surface area contributed by atoms with E-state index in [1.54, 1.807) is 7.11 Å². The molecule has 1 aromatic carbocycles. The number of ether oxygens (including phenoxy) is 1. The van der Waals surface area contributed by atoms with E-state index >= 15 is 0 Å². The van der Waals surface area contributed by atoms with Crippen LogP contribution in [0.4, 0.5) is 0 Å². The maximum atomic E-state index is 12.1. The number of aromatic nitrogens is 1. The summed E-state index contributed by atoms with van der Waals surface area (Å²) >= 11 is 0. The first-order valence-electron chi connectivity index (χ1n) is 8.78. The first kappa shape index (κ1) is 17.0. The molecule has 5 nitrogen and oxygen atoms in total. The molecular formula is C19H27N3O2. The molecule has 1 unspecified atom stereocenters. The Bertz CT molecular complexity index is 667. The lowest BCUT2D eigenvalue weighted by molar-refractivity contribution is -0.121. The van der Waals surface area contributed by atoms with Crippen LogP contribution >= 0.6 is 0 Å². The van der Waals surface area contributed by atoms with Crippen molar-refractivity contribution in [1.82, 2.24) is 14.8 Å². The Morgan fingerprint density at radius 2 is 2.17 bits per heavy atom. The zero-order valence-electron chi connectivity index (χ0n) is 14.4. The highest BCUT2D eigenvalue weighted by atomic mass is 16.5. The number of hydrogen-bond donors (Lipinski definition) is 1. The maximum Gasteiger partial charge on any atom is 0.221 e. The van der Waals surface area contributed by atoms with E-state index in [1.165, 1.54) is 10.9 Å². The van der Waals surface area contributed by atoms with Gasteiger partial charge in [-0.15, -0.1) is 0 Å². The highest BCUT2D eigenvalue weighted by Crippen LogP contribution is 2.16. The number of benzene rings is 1. The molecule has 1 N–H and O–H groups in total. The van der Waals surface area contributed by atoms with Crippen LogP contribution in [0, 0.1) is 5.92 Å². The monoisotopic (exact) mass is 329 g/mol. The standard InChI is InChI=1S/C19H27N3O2/c1-24-13-12-21-9-6-16(15-21)14-20-19(23)8-11-22-10-7-17-4-2-3-5-18(17)22/h2-5,7,10,16H,6,8-9,11-15H2,1H3,(H,20,23). The molecule has 1 aliphatic rings. The number of carbonyl (C=O) groups is 1. The molecule has 1 atom stereocenters. The number of para-hydroxylation sites is 1. The third-order valence-corrected chi connectivity index (χ3v) is 4.83. The van der Waals surface area contributed by atoms with Crippen molar-refractivity contribution in [3.05, 3.63) is 36.5 Å². The molecule has 130 valence electrons. The van der Waals surface area contributed by atoms with E-state index in [1.807, 2.05) is 12.1 Å². The predicted octanol–water partition coefficient (Wildman–Crippen LogP) is 2.12. The molecule has 0 bridgehead atoms. The molecule has 1 saturated heterocycles. The number of methoxy groups -OCH3 is 1. The summed E-state index contributed by atoms with van der Waals surface area (Å²) in [7, 11) is 1.74. The SMILES string of the molecule is COCCN1CCC(CNC(=O)CCn2ccc3ccccc32)C1. The fraction of sp³-hybridized carbons (Fsp3) is 0.526. The molecule has 1 aromatic heterocycles. The minimum Gasteiger partial charge on any atom is -0.383 e. The summed E-state index contributed by atoms with van der Waals surface area (Å²) in [5.41, 5.74) is 1.19. The van der Waals surface area contributed by atoms with E-state index in [0.29, 0.717) is 12.3 Å². The Morgan fingerprint density at radius 3 is 3.04 bits per heavy atom. The molecule has 24 heavy (non-hydrogen) atoms. The molecule has 2 aromatic rings. The summed E-state index contributed by atoms with van der Waals surface area (Å²) in [4.78, 5) is 14.5. The van der Waals surface area contributed by atoms with Gasteiger partial charge in [0.25, 0.3) is 0 Å². The molecule has 1 fully saturated rings. The van der Waals surface area contributed by atoms with Gasteiger partial charge < -0.3 is 19.5 Å². The number of rotatable bonds is 8. The van der Waals surface area contributed by atoms with Crippen molar-refractivity contribution in [2.45, 2.75) is 19.4 Å². The average molecular weight is 329 g/mol. The van der Waals surface area contributed by atoms with Crippen LogP contribution < -0.4 is 5.32 Å². The number of nitrogens with one attached hydrogen (secondary N) is 1. The van der Waals surface area contributed by atoms with Gasteiger partial charge in [0.05, 0.1) is 6.61 Å². The molecule has 0 radical (unpaired) electrons. The molecule has 3 rings (SSSR count).